The van der Waals surface area contributed by atoms with Gasteiger partial charge in [-0.3, -0.25) is 18.7 Å². The summed E-state index contributed by atoms with van der Waals surface area (Å²) in [6.07, 6.45) is 1.93. The molecule has 0 unspecified atom stereocenters. The standard InChI is InChI=1S/C128H74N12/c1-3-34-81(35-4-1)135-114-56-27-17-45-96(114)117-98(78-60-63-87-88-64-62-83(71-101(88)86-40-12-11-39-85(86)100(87)69-78)137-110-52-23-13-41-89(110)94-65-66-95-90-42-14-24-53-111(90)138(122(95)121(94)137)116-74-129-104-48-19-20-49-105(104)130-116)72-102-91-43-15-25-54-112(91)139(123(102)125(117)135)127-119(80-59-58-75-30-7-8-32-77(75)68-80)132-109-70-79(61-67-108(109)134-127)99-73-103-92-44-16-26-55-113(92)140(124(103)126-118(99)97-46-18-28-57-115(97)136(126)82-36-5-2-6-37-82)128-120(131-106-50-21-22-51-107(106)133-128)93-47-29-33-76-31-9-10-38-84(76)93/h1-74H. The molecule has 12 nitrogen and oxygen atoms in total. The van der Waals surface area contributed by atoms with Crippen LogP contribution >= 0.6 is 0 Å². The van der Waals surface area contributed by atoms with Gasteiger partial charge in [-0.25, -0.2) is 24.9 Å². The van der Waals surface area contributed by atoms with Crippen LogP contribution in [0.2, 0.25) is 0 Å². The molecule has 0 radical (unpaired) electrons. The second-order valence-electron chi connectivity index (χ2n) is 37.1. The van der Waals surface area contributed by atoms with Crippen molar-refractivity contribution in [2.24, 2.45) is 0 Å². The van der Waals surface area contributed by atoms with Gasteiger partial charge in [0, 0.05) is 92.8 Å². The van der Waals surface area contributed by atoms with Crippen molar-refractivity contribution in [3.63, 3.8) is 0 Å². The third-order valence-electron chi connectivity index (χ3n) is 29.7. The SMILES string of the molecule is c1ccc(-n2c3ccccc3c3c(-c4ccc5c6ccc(-n7c8ccccc8c8ccc9c%10ccccc%10n(-c%10cnc%11ccccc%11n%10)c9c87)cc6c6ccccc6c5c4)cc4c5ccccc5n(-c5nc6ccc(-c7cc8c9ccccc9n(-c9nc%10ccccc%10nc9-c9cccc%10ccccc9%10)c8c8c7c7ccccc7n8-c7ccccc7)cc6nc5-c5ccc6ccccc6c5)c4c32)cc1. The Balaban J connectivity index is 0.633. The molecule has 0 amide bonds. The fourth-order valence-electron chi connectivity index (χ4n) is 23.8. The molecule has 9 heterocycles. The maximum Gasteiger partial charge on any atom is 0.165 e. The number of nitrogens with zero attached hydrogens (tertiary/aromatic N) is 12. The number of fused-ring (bicyclic) bond motifs is 32. The Morgan fingerprint density at radius 2 is 0.550 bits per heavy atom. The van der Waals surface area contributed by atoms with Gasteiger partial charge in [-0.1, -0.05) is 309 Å². The Hall–Kier alpha value is -19.0. The lowest BCUT2D eigenvalue weighted by Gasteiger charge is -2.18. The molecule has 0 fully saturated rings. The lowest BCUT2D eigenvalue weighted by molar-refractivity contribution is 1.07. The number of hydrogen-bond donors (Lipinski definition) is 0. The summed E-state index contributed by atoms with van der Waals surface area (Å²) >= 11 is 0. The van der Waals surface area contributed by atoms with Crippen molar-refractivity contribution in [3.05, 3.63) is 449 Å². The van der Waals surface area contributed by atoms with E-state index in [4.69, 9.17) is 29.9 Å². The largest absolute Gasteiger partial charge is 0.307 e. The van der Waals surface area contributed by atoms with Gasteiger partial charge in [-0.2, -0.15) is 0 Å². The minimum atomic E-state index is 0.713. The van der Waals surface area contributed by atoms with E-state index in [1.54, 1.807) is 0 Å². The highest BCUT2D eigenvalue weighted by Gasteiger charge is 2.33. The number of benzene rings is 22. The molecule has 0 aliphatic rings. The lowest BCUT2D eigenvalue weighted by Crippen LogP contribution is -2.05. The van der Waals surface area contributed by atoms with Gasteiger partial charge in [-0.05, 0) is 210 Å². The molecule has 0 atom stereocenters. The van der Waals surface area contributed by atoms with Crippen molar-refractivity contribution in [2.45, 2.75) is 0 Å². The topological polar surface area (TPSA) is 107 Å². The van der Waals surface area contributed by atoms with Gasteiger partial charge in [0.25, 0.3) is 0 Å². The first-order chi connectivity index (χ1) is 69.5. The van der Waals surface area contributed by atoms with E-state index in [2.05, 4.69) is 452 Å². The summed E-state index contributed by atoms with van der Waals surface area (Å²) in [5.74, 6) is 2.22. The zero-order valence-corrected chi connectivity index (χ0v) is 75.1. The molecule has 646 valence electrons. The fourth-order valence-corrected chi connectivity index (χ4v) is 23.8. The van der Waals surface area contributed by atoms with E-state index in [1.165, 1.54) is 37.7 Å². The molecule has 31 aromatic rings. The highest BCUT2D eigenvalue weighted by Crippen LogP contribution is 2.53. The van der Waals surface area contributed by atoms with Crippen LogP contribution in [0.4, 0.5) is 0 Å². The average molecular weight is 1780 g/mol. The fraction of sp³-hybridized carbons (Fsp3) is 0. The molecule has 9 aromatic heterocycles. The maximum atomic E-state index is 6.15. The van der Waals surface area contributed by atoms with Gasteiger partial charge in [0.2, 0.25) is 0 Å². The lowest BCUT2D eigenvalue weighted by atomic mass is 9.90. The van der Waals surface area contributed by atoms with Crippen LogP contribution in [-0.4, -0.2) is 57.3 Å². The molecule has 140 heavy (non-hydrogen) atoms. The minimum Gasteiger partial charge on any atom is -0.307 e. The summed E-state index contributed by atoms with van der Waals surface area (Å²) in [6, 6.07) is 162. The molecule has 31 rings (SSSR count). The first-order valence-corrected chi connectivity index (χ1v) is 47.7. The molecule has 22 aromatic carbocycles. The summed E-state index contributed by atoms with van der Waals surface area (Å²) in [4.78, 5) is 34.1. The van der Waals surface area contributed by atoms with E-state index in [0.717, 1.165) is 254 Å². The van der Waals surface area contributed by atoms with E-state index in [-0.39, 0.29) is 0 Å². The highest BCUT2D eigenvalue weighted by atomic mass is 15.1. The molecule has 0 aliphatic heterocycles. The normalized spacial score (nSPS) is 12.3. The summed E-state index contributed by atoms with van der Waals surface area (Å²) < 4.78 is 14.7. The summed E-state index contributed by atoms with van der Waals surface area (Å²) in [7, 11) is 0. The zero-order chi connectivity index (χ0) is 91.2. The van der Waals surface area contributed by atoms with Gasteiger partial charge < -0.3 is 13.7 Å². The molecular weight excluding hydrogens is 1710 g/mol. The van der Waals surface area contributed by atoms with Crippen LogP contribution < -0.4 is 0 Å². The van der Waals surface area contributed by atoms with Crippen molar-refractivity contribution in [1.82, 2.24) is 57.3 Å². The number of aromatic nitrogens is 12. The Kier molecular flexibility index (Phi) is 16.0. The Morgan fingerprint density at radius 1 is 0.164 bits per heavy atom. The van der Waals surface area contributed by atoms with Crippen molar-refractivity contribution in [1.29, 1.82) is 0 Å². The van der Waals surface area contributed by atoms with Gasteiger partial charge in [0.15, 0.2) is 17.5 Å². The van der Waals surface area contributed by atoms with E-state index >= 15 is 0 Å². The predicted octanol–water partition coefficient (Wildman–Crippen LogP) is 32.5. The quantitative estimate of drug-likeness (QED) is 0.126. The molecule has 12 heteroatoms. The van der Waals surface area contributed by atoms with Crippen LogP contribution in [0.5, 0.6) is 0 Å². The molecule has 0 aliphatic carbocycles. The molecule has 0 saturated carbocycles. The van der Waals surface area contributed by atoms with Crippen molar-refractivity contribution < 1.29 is 0 Å². The van der Waals surface area contributed by atoms with Gasteiger partial charge in [0.05, 0.1) is 105 Å². The Bertz CT molecular complexity index is 10900. The molecule has 0 saturated heterocycles. The molecule has 0 spiro atoms. The molecular formula is C128H74N12. The minimum absolute atomic E-state index is 0.713. The molecule has 0 N–H and O–H groups in total. The first-order valence-electron chi connectivity index (χ1n) is 47.7. The van der Waals surface area contributed by atoms with Crippen molar-refractivity contribution >= 4 is 218 Å². The van der Waals surface area contributed by atoms with Crippen LogP contribution in [0, 0.1) is 0 Å². The summed E-state index contributed by atoms with van der Waals surface area (Å²) in [5, 5.41) is 24.9. The number of hydrogen-bond acceptors (Lipinski definition) is 6. The second-order valence-corrected chi connectivity index (χ2v) is 37.1. The molecule has 0 bridgehead atoms. The van der Waals surface area contributed by atoms with Crippen molar-refractivity contribution in [2.75, 3.05) is 0 Å². The van der Waals surface area contributed by atoms with Crippen LogP contribution in [0.15, 0.2) is 449 Å². The third kappa shape index (κ3) is 10.9. The van der Waals surface area contributed by atoms with Crippen LogP contribution in [0.25, 0.3) is 297 Å². The van der Waals surface area contributed by atoms with Gasteiger partial charge in [-0.15, -0.1) is 0 Å². The summed E-state index contributed by atoms with van der Waals surface area (Å²) in [6.45, 7) is 0. The smallest absolute Gasteiger partial charge is 0.165 e. The zero-order valence-electron chi connectivity index (χ0n) is 75.1. The number of para-hydroxylation sites is 12. The van der Waals surface area contributed by atoms with E-state index in [0.29, 0.717) is 5.82 Å². The number of rotatable bonds is 10. The Morgan fingerprint density at radius 3 is 1.15 bits per heavy atom. The van der Waals surface area contributed by atoms with Crippen LogP contribution in [0.1, 0.15) is 0 Å². The predicted molar refractivity (Wildman–Crippen MR) is 581 cm³/mol. The highest BCUT2D eigenvalue weighted by molar-refractivity contribution is 6.33. The van der Waals surface area contributed by atoms with Crippen molar-refractivity contribution in [3.8, 4) is 79.3 Å². The maximum absolute atomic E-state index is 6.15. The van der Waals surface area contributed by atoms with E-state index in [1.807, 2.05) is 24.4 Å². The summed E-state index contributed by atoms with van der Waals surface area (Å²) in [5.41, 5.74) is 28.4. The van der Waals surface area contributed by atoms with Gasteiger partial charge in [0.1, 0.15) is 11.4 Å². The van der Waals surface area contributed by atoms with Crippen LogP contribution in [0.3, 0.4) is 0 Å². The van der Waals surface area contributed by atoms with Crippen LogP contribution in [-0.2, 0) is 0 Å². The third-order valence-corrected chi connectivity index (χ3v) is 29.7. The van der Waals surface area contributed by atoms with Gasteiger partial charge >= 0.3 is 0 Å². The van der Waals surface area contributed by atoms with E-state index in [9.17, 15) is 0 Å². The van der Waals surface area contributed by atoms with E-state index < -0.39 is 0 Å². The Labute approximate surface area is 797 Å². The average Bonchev–Trinajstić information content (AvgIpc) is 1.54. The monoisotopic (exact) mass is 1780 g/mol. The first kappa shape index (κ1) is 76.4. The second kappa shape index (κ2) is 29.2.